The summed E-state index contributed by atoms with van der Waals surface area (Å²) < 4.78 is 0. The van der Waals surface area contributed by atoms with Crippen molar-refractivity contribution >= 4 is 35.2 Å². The number of thioether (sulfide) groups is 1. The van der Waals surface area contributed by atoms with Crippen LogP contribution >= 0.6 is 11.8 Å². The summed E-state index contributed by atoms with van der Waals surface area (Å²) in [7, 11) is 0. The first-order valence-electron chi connectivity index (χ1n) is 9.33. The molecule has 2 amide bonds. The van der Waals surface area contributed by atoms with Gasteiger partial charge in [0.25, 0.3) is 0 Å². The highest BCUT2D eigenvalue weighted by molar-refractivity contribution is 7.99. The molecule has 0 bridgehead atoms. The second-order valence-electron chi connectivity index (χ2n) is 7.80. The molecule has 3 rings (SSSR count). The molecule has 0 radical (unpaired) electrons. The minimum Gasteiger partial charge on any atom is -0.481 e. The Morgan fingerprint density at radius 3 is 2.37 bits per heavy atom. The van der Waals surface area contributed by atoms with Gasteiger partial charge in [0.05, 0.1) is 11.3 Å². The van der Waals surface area contributed by atoms with Crippen LogP contribution in [0.25, 0.3) is 0 Å². The van der Waals surface area contributed by atoms with Gasteiger partial charge in [-0.3, -0.25) is 14.4 Å². The number of carboxylic acids is 1. The van der Waals surface area contributed by atoms with Crippen LogP contribution in [0.4, 0.5) is 5.69 Å². The Balaban J connectivity index is 1.65. The molecule has 1 aromatic carbocycles. The van der Waals surface area contributed by atoms with Crippen molar-refractivity contribution in [3.05, 3.63) is 29.8 Å². The van der Waals surface area contributed by atoms with Crippen molar-refractivity contribution in [2.24, 2.45) is 5.92 Å². The number of benzene rings is 1. The zero-order valence-electron chi connectivity index (χ0n) is 15.7. The quantitative estimate of drug-likeness (QED) is 0.807. The van der Waals surface area contributed by atoms with Crippen LogP contribution in [-0.4, -0.2) is 45.5 Å². The Bertz CT molecular complexity index is 726. The van der Waals surface area contributed by atoms with Gasteiger partial charge in [0, 0.05) is 17.4 Å². The van der Waals surface area contributed by atoms with Crippen LogP contribution in [0.2, 0.25) is 0 Å². The van der Waals surface area contributed by atoms with Crippen molar-refractivity contribution in [2.75, 3.05) is 16.9 Å². The number of carbonyl (C=O) groups is 3. The fourth-order valence-electron chi connectivity index (χ4n) is 3.60. The van der Waals surface area contributed by atoms with E-state index >= 15 is 0 Å². The number of anilines is 1. The average Bonchev–Trinajstić information content (AvgIpc) is 3.33. The maximum atomic E-state index is 12.7. The topological polar surface area (TPSA) is 86.7 Å². The molecule has 1 heterocycles. The van der Waals surface area contributed by atoms with Crippen molar-refractivity contribution in [3.63, 3.8) is 0 Å². The van der Waals surface area contributed by atoms with E-state index in [1.54, 1.807) is 54.8 Å². The standard InChI is InChI=1S/C20H26N2O4S/c1-20(2,19(25)26)14-7-9-15(10-8-14)21-17(23)16-11-27-12-22(16)18(24)13-5-3-4-6-13/h7-10,13,16H,3-6,11-12H2,1-2H3,(H,21,23)(H,25,26). The third-order valence-corrected chi connectivity index (χ3v) is 6.59. The van der Waals surface area contributed by atoms with Crippen LogP contribution in [0, 0.1) is 5.92 Å². The zero-order chi connectivity index (χ0) is 19.6. The van der Waals surface area contributed by atoms with Crippen molar-refractivity contribution in [3.8, 4) is 0 Å². The maximum absolute atomic E-state index is 12.7. The minimum absolute atomic E-state index is 0.0662. The molecular weight excluding hydrogens is 364 g/mol. The highest BCUT2D eigenvalue weighted by Gasteiger charge is 2.38. The van der Waals surface area contributed by atoms with E-state index in [-0.39, 0.29) is 17.7 Å². The summed E-state index contributed by atoms with van der Waals surface area (Å²) in [6, 6.07) is 6.41. The molecule has 1 aromatic rings. The van der Waals surface area contributed by atoms with E-state index in [0.717, 1.165) is 25.7 Å². The summed E-state index contributed by atoms with van der Waals surface area (Å²) in [6.07, 6.45) is 4.03. The predicted octanol–water partition coefficient (Wildman–Crippen LogP) is 3.08. The second-order valence-corrected chi connectivity index (χ2v) is 8.80. The van der Waals surface area contributed by atoms with Gasteiger partial charge in [0.2, 0.25) is 11.8 Å². The predicted molar refractivity (Wildman–Crippen MR) is 106 cm³/mol. The van der Waals surface area contributed by atoms with Gasteiger partial charge in [-0.15, -0.1) is 11.8 Å². The number of carboxylic acid groups (broad SMARTS) is 1. The van der Waals surface area contributed by atoms with E-state index in [1.165, 1.54) is 0 Å². The molecule has 146 valence electrons. The lowest BCUT2D eigenvalue weighted by molar-refractivity contribution is -0.142. The normalized spacial score (nSPS) is 20.7. The number of carbonyl (C=O) groups excluding carboxylic acids is 2. The summed E-state index contributed by atoms with van der Waals surface area (Å²) in [5, 5.41) is 12.2. The molecule has 27 heavy (non-hydrogen) atoms. The number of hydrogen-bond donors (Lipinski definition) is 2. The third kappa shape index (κ3) is 4.13. The lowest BCUT2D eigenvalue weighted by Gasteiger charge is -2.26. The van der Waals surface area contributed by atoms with Gasteiger partial charge >= 0.3 is 5.97 Å². The molecule has 2 fully saturated rings. The zero-order valence-corrected chi connectivity index (χ0v) is 16.6. The molecule has 2 aliphatic rings. The molecule has 1 saturated carbocycles. The van der Waals surface area contributed by atoms with E-state index in [4.69, 9.17) is 0 Å². The minimum atomic E-state index is -0.991. The molecule has 1 unspecified atom stereocenters. The highest BCUT2D eigenvalue weighted by Crippen LogP contribution is 2.31. The number of hydrogen-bond acceptors (Lipinski definition) is 4. The summed E-state index contributed by atoms with van der Waals surface area (Å²) >= 11 is 1.60. The fourth-order valence-corrected chi connectivity index (χ4v) is 4.77. The maximum Gasteiger partial charge on any atom is 0.313 e. The Morgan fingerprint density at radius 1 is 1.15 bits per heavy atom. The molecule has 7 heteroatoms. The summed E-state index contributed by atoms with van der Waals surface area (Å²) in [5.74, 6) is 0.265. The molecule has 1 atom stereocenters. The number of nitrogens with zero attached hydrogens (tertiary/aromatic N) is 1. The third-order valence-electron chi connectivity index (χ3n) is 5.58. The molecule has 0 aromatic heterocycles. The second kappa shape index (κ2) is 7.92. The molecule has 2 N–H and O–H groups in total. The molecule has 1 saturated heterocycles. The van der Waals surface area contributed by atoms with Crippen LogP contribution in [0.3, 0.4) is 0 Å². The largest absolute Gasteiger partial charge is 0.481 e. The summed E-state index contributed by atoms with van der Waals surface area (Å²) in [4.78, 5) is 38.5. The van der Waals surface area contributed by atoms with Gasteiger partial charge in [-0.25, -0.2) is 0 Å². The first kappa shape index (κ1) is 19.7. The lowest BCUT2D eigenvalue weighted by Crippen LogP contribution is -2.46. The van der Waals surface area contributed by atoms with Gasteiger partial charge in [-0.1, -0.05) is 25.0 Å². The first-order chi connectivity index (χ1) is 12.8. The molecule has 6 nitrogen and oxygen atoms in total. The molecule has 1 aliphatic carbocycles. The summed E-state index contributed by atoms with van der Waals surface area (Å²) in [5.41, 5.74) is 0.285. The molecule has 1 aliphatic heterocycles. The van der Waals surface area contributed by atoms with Crippen molar-refractivity contribution in [2.45, 2.75) is 51.0 Å². The summed E-state index contributed by atoms with van der Waals surface area (Å²) in [6.45, 7) is 3.29. The Kier molecular flexibility index (Phi) is 5.79. The number of amides is 2. The van der Waals surface area contributed by atoms with Gasteiger partial charge < -0.3 is 15.3 Å². The van der Waals surface area contributed by atoms with Crippen molar-refractivity contribution in [1.29, 1.82) is 0 Å². The Labute approximate surface area is 163 Å². The fraction of sp³-hybridized carbons (Fsp3) is 0.550. The van der Waals surface area contributed by atoms with E-state index in [9.17, 15) is 19.5 Å². The van der Waals surface area contributed by atoms with E-state index in [2.05, 4.69) is 5.32 Å². The first-order valence-corrected chi connectivity index (χ1v) is 10.5. The van der Waals surface area contributed by atoms with Crippen LogP contribution in [-0.2, 0) is 19.8 Å². The number of nitrogens with one attached hydrogen (secondary N) is 1. The van der Waals surface area contributed by atoms with E-state index in [0.29, 0.717) is 22.9 Å². The average molecular weight is 391 g/mol. The van der Waals surface area contributed by atoms with Crippen LogP contribution < -0.4 is 5.32 Å². The monoisotopic (exact) mass is 390 g/mol. The number of aliphatic carboxylic acids is 1. The van der Waals surface area contributed by atoms with Gasteiger partial charge in [-0.05, 0) is 44.4 Å². The molecular formula is C20H26N2O4S. The van der Waals surface area contributed by atoms with Crippen LogP contribution in [0.1, 0.15) is 45.1 Å². The van der Waals surface area contributed by atoms with Gasteiger partial charge in [0.15, 0.2) is 0 Å². The van der Waals surface area contributed by atoms with Crippen molar-refractivity contribution < 1.29 is 19.5 Å². The Morgan fingerprint density at radius 2 is 1.78 bits per heavy atom. The van der Waals surface area contributed by atoms with Crippen LogP contribution in [0.15, 0.2) is 24.3 Å². The van der Waals surface area contributed by atoms with Crippen LogP contribution in [0.5, 0.6) is 0 Å². The highest BCUT2D eigenvalue weighted by atomic mass is 32.2. The van der Waals surface area contributed by atoms with Gasteiger partial charge in [0.1, 0.15) is 6.04 Å². The van der Waals surface area contributed by atoms with E-state index in [1.807, 2.05) is 0 Å². The lowest BCUT2D eigenvalue weighted by atomic mass is 9.85. The molecule has 0 spiro atoms. The van der Waals surface area contributed by atoms with Crippen molar-refractivity contribution in [1.82, 2.24) is 4.90 Å². The smallest absolute Gasteiger partial charge is 0.313 e. The Hall–Kier alpha value is -2.02. The van der Waals surface area contributed by atoms with E-state index < -0.39 is 17.4 Å². The van der Waals surface area contributed by atoms with Gasteiger partial charge in [-0.2, -0.15) is 0 Å². The SMILES string of the molecule is CC(C)(C(=O)O)c1ccc(NC(=O)C2CSCN2C(=O)C2CCCC2)cc1. The number of rotatable bonds is 5.